The molecular weight excluding hydrogens is 312 g/mol. The molecule has 4 heteroatoms. The van der Waals surface area contributed by atoms with Crippen LogP contribution in [0.15, 0.2) is 24.3 Å². The number of hydrogen-bond donors (Lipinski definition) is 1. The van der Waals surface area contributed by atoms with Gasteiger partial charge in [0, 0.05) is 38.1 Å². The average Bonchev–Trinajstić information content (AvgIpc) is 2.60. The van der Waals surface area contributed by atoms with Gasteiger partial charge in [-0.1, -0.05) is 25.5 Å². The summed E-state index contributed by atoms with van der Waals surface area (Å²) in [7, 11) is 3.89. The van der Waals surface area contributed by atoms with Crippen molar-refractivity contribution < 1.29 is 9.53 Å². The van der Waals surface area contributed by atoms with Gasteiger partial charge in [0.15, 0.2) is 0 Å². The van der Waals surface area contributed by atoms with Gasteiger partial charge in [0.05, 0.1) is 5.60 Å². The zero-order chi connectivity index (χ0) is 18.4. The van der Waals surface area contributed by atoms with Crippen LogP contribution in [0.5, 0.6) is 0 Å². The summed E-state index contributed by atoms with van der Waals surface area (Å²) in [6, 6.07) is 7.63. The van der Waals surface area contributed by atoms with E-state index in [9.17, 15) is 4.79 Å². The molecule has 0 bridgehead atoms. The van der Waals surface area contributed by atoms with Gasteiger partial charge in [-0.25, -0.2) is 0 Å². The predicted octanol–water partition coefficient (Wildman–Crippen LogP) is 3.02. The largest absolute Gasteiger partial charge is 0.373 e. The molecule has 4 nitrogen and oxygen atoms in total. The van der Waals surface area contributed by atoms with Gasteiger partial charge in [0.1, 0.15) is 0 Å². The number of benzene rings is 1. The van der Waals surface area contributed by atoms with Crippen LogP contribution in [0.25, 0.3) is 0 Å². The van der Waals surface area contributed by atoms with E-state index in [0.29, 0.717) is 17.4 Å². The maximum Gasteiger partial charge on any atom is 0.248 e. The van der Waals surface area contributed by atoms with Crippen molar-refractivity contribution in [3.63, 3.8) is 0 Å². The summed E-state index contributed by atoms with van der Waals surface area (Å²) in [6.45, 7) is 4.04. The summed E-state index contributed by atoms with van der Waals surface area (Å²) >= 11 is 0. The molecule has 3 atom stereocenters. The molecule has 1 saturated carbocycles. The first-order valence-electron chi connectivity index (χ1n) is 9.03. The Labute approximate surface area is 151 Å². The standard InChI is InChI=1S/C21H30N2O2/c1-5-6-13-23(3)15-19-12-7-9-16(2)21(19,25-4)18-11-8-10-17(14-18)20(22)24/h1,8,10-11,14,16,19H,6-7,9,12-13,15H2,2-4H3,(H2,22,24). The molecule has 0 aromatic heterocycles. The van der Waals surface area contributed by atoms with E-state index < -0.39 is 11.5 Å². The topological polar surface area (TPSA) is 55.6 Å². The van der Waals surface area contributed by atoms with Gasteiger partial charge in [0.2, 0.25) is 5.91 Å². The van der Waals surface area contributed by atoms with Crippen LogP contribution in [-0.2, 0) is 10.3 Å². The van der Waals surface area contributed by atoms with Crippen LogP contribution in [0.2, 0.25) is 0 Å². The van der Waals surface area contributed by atoms with Gasteiger partial charge in [-0.3, -0.25) is 4.79 Å². The van der Waals surface area contributed by atoms with Crippen LogP contribution < -0.4 is 5.73 Å². The molecule has 0 spiro atoms. The third kappa shape index (κ3) is 4.05. The van der Waals surface area contributed by atoms with Crippen LogP contribution in [0.4, 0.5) is 0 Å². The van der Waals surface area contributed by atoms with Crippen molar-refractivity contribution in [2.24, 2.45) is 17.6 Å². The fraction of sp³-hybridized carbons (Fsp3) is 0.571. The second-order valence-electron chi connectivity index (χ2n) is 7.19. The summed E-state index contributed by atoms with van der Waals surface area (Å²) in [4.78, 5) is 13.9. The van der Waals surface area contributed by atoms with Crippen molar-refractivity contribution in [1.82, 2.24) is 4.90 Å². The third-order valence-electron chi connectivity index (χ3n) is 5.63. The SMILES string of the molecule is C#CCCN(C)CC1CCCC(C)C1(OC)c1cccc(C(N)=O)c1. The van der Waals surface area contributed by atoms with E-state index in [2.05, 4.69) is 30.9 Å². The molecule has 1 amide bonds. The Kier molecular flexibility index (Phi) is 6.64. The summed E-state index contributed by atoms with van der Waals surface area (Å²) < 4.78 is 6.21. The number of nitrogens with zero attached hydrogens (tertiary/aromatic N) is 1. The lowest BCUT2D eigenvalue weighted by molar-refractivity contribution is -0.131. The molecule has 2 N–H and O–H groups in total. The van der Waals surface area contributed by atoms with Crippen LogP contribution in [-0.4, -0.2) is 38.1 Å². The molecule has 3 unspecified atom stereocenters. The van der Waals surface area contributed by atoms with Crippen LogP contribution in [0.3, 0.4) is 0 Å². The Morgan fingerprint density at radius 2 is 2.24 bits per heavy atom. The molecule has 25 heavy (non-hydrogen) atoms. The quantitative estimate of drug-likeness (QED) is 0.775. The first-order chi connectivity index (χ1) is 12.0. The third-order valence-corrected chi connectivity index (χ3v) is 5.63. The number of rotatable bonds is 7. The van der Waals surface area contributed by atoms with Gasteiger partial charge in [0.25, 0.3) is 0 Å². The Balaban J connectivity index is 2.39. The first-order valence-corrected chi connectivity index (χ1v) is 9.03. The number of carbonyl (C=O) groups is 1. The van der Waals surface area contributed by atoms with E-state index in [0.717, 1.165) is 37.9 Å². The molecule has 1 aromatic carbocycles. The van der Waals surface area contributed by atoms with E-state index >= 15 is 0 Å². The second-order valence-corrected chi connectivity index (χ2v) is 7.19. The lowest BCUT2D eigenvalue weighted by atomic mass is 9.65. The van der Waals surface area contributed by atoms with Crippen LogP contribution in [0, 0.1) is 24.2 Å². The Hall–Kier alpha value is -1.83. The molecule has 1 aliphatic rings. The van der Waals surface area contributed by atoms with Crippen molar-refractivity contribution >= 4 is 5.91 Å². The average molecular weight is 342 g/mol. The molecule has 1 aliphatic carbocycles. The lowest BCUT2D eigenvalue weighted by Gasteiger charge is -2.49. The van der Waals surface area contributed by atoms with E-state index in [-0.39, 0.29) is 0 Å². The molecule has 136 valence electrons. The highest BCUT2D eigenvalue weighted by molar-refractivity contribution is 5.92. The number of amides is 1. The number of terminal acetylenes is 1. The summed E-state index contributed by atoms with van der Waals surface area (Å²) in [5.74, 6) is 3.00. The smallest absolute Gasteiger partial charge is 0.248 e. The van der Waals surface area contributed by atoms with Crippen molar-refractivity contribution in [1.29, 1.82) is 0 Å². The maximum atomic E-state index is 11.6. The molecule has 0 saturated heterocycles. The van der Waals surface area contributed by atoms with Gasteiger partial charge < -0.3 is 15.4 Å². The number of primary amides is 1. The minimum atomic E-state index is -0.409. The van der Waals surface area contributed by atoms with Crippen molar-refractivity contribution in [2.75, 3.05) is 27.2 Å². The predicted molar refractivity (Wildman–Crippen MR) is 101 cm³/mol. The zero-order valence-electron chi connectivity index (χ0n) is 15.6. The minimum absolute atomic E-state index is 0.340. The van der Waals surface area contributed by atoms with Gasteiger partial charge in [-0.15, -0.1) is 12.3 Å². The number of methoxy groups -OCH3 is 1. The number of nitrogens with two attached hydrogens (primary N) is 1. The van der Waals surface area contributed by atoms with Gasteiger partial charge in [-0.2, -0.15) is 0 Å². The Morgan fingerprint density at radius 3 is 2.88 bits per heavy atom. The molecule has 0 aliphatic heterocycles. The van der Waals surface area contributed by atoms with Crippen molar-refractivity contribution in [3.8, 4) is 12.3 Å². The first kappa shape index (κ1) is 19.5. The van der Waals surface area contributed by atoms with Crippen molar-refractivity contribution in [3.05, 3.63) is 35.4 Å². The highest BCUT2D eigenvalue weighted by atomic mass is 16.5. The minimum Gasteiger partial charge on any atom is -0.373 e. The Bertz CT molecular complexity index is 637. The monoisotopic (exact) mass is 342 g/mol. The Morgan fingerprint density at radius 1 is 1.48 bits per heavy atom. The van der Waals surface area contributed by atoms with Crippen LogP contribution >= 0.6 is 0 Å². The molecule has 0 radical (unpaired) electrons. The molecule has 1 aromatic rings. The summed E-state index contributed by atoms with van der Waals surface area (Å²) in [5, 5.41) is 0. The zero-order valence-corrected chi connectivity index (χ0v) is 15.6. The maximum absolute atomic E-state index is 11.6. The van der Waals surface area contributed by atoms with Crippen LogP contribution in [0.1, 0.15) is 48.5 Å². The van der Waals surface area contributed by atoms with E-state index in [1.165, 1.54) is 6.42 Å². The number of hydrogen-bond acceptors (Lipinski definition) is 3. The highest BCUT2D eigenvalue weighted by Crippen LogP contribution is 2.48. The fourth-order valence-electron chi connectivity index (χ4n) is 4.37. The highest BCUT2D eigenvalue weighted by Gasteiger charge is 2.47. The molecular formula is C21H30N2O2. The second kappa shape index (κ2) is 8.51. The normalized spacial score (nSPS) is 26.4. The lowest BCUT2D eigenvalue weighted by Crippen LogP contribution is -2.50. The van der Waals surface area contributed by atoms with E-state index in [1.807, 2.05) is 12.1 Å². The van der Waals surface area contributed by atoms with Gasteiger partial charge >= 0.3 is 0 Å². The van der Waals surface area contributed by atoms with Crippen molar-refractivity contribution in [2.45, 2.75) is 38.2 Å². The summed E-state index contributed by atoms with van der Waals surface area (Å²) in [5.41, 5.74) is 6.67. The number of ether oxygens (including phenoxy) is 1. The number of carbonyl (C=O) groups excluding carboxylic acids is 1. The molecule has 0 heterocycles. The van der Waals surface area contributed by atoms with E-state index in [1.54, 1.807) is 13.2 Å². The van der Waals surface area contributed by atoms with Gasteiger partial charge in [-0.05, 0) is 43.5 Å². The fourth-order valence-corrected chi connectivity index (χ4v) is 4.37. The summed E-state index contributed by atoms with van der Waals surface area (Å²) in [6.07, 6.45) is 9.55. The van der Waals surface area contributed by atoms with E-state index in [4.69, 9.17) is 16.9 Å². The molecule has 2 rings (SSSR count). The molecule has 1 fully saturated rings.